The van der Waals surface area contributed by atoms with Gasteiger partial charge < -0.3 is 0 Å². The summed E-state index contributed by atoms with van der Waals surface area (Å²) in [7, 11) is 0. The molecule has 1 aliphatic rings. The number of nitrogens with one attached hydrogen (secondary N) is 1. The quantitative estimate of drug-likeness (QED) is 0.806. The minimum absolute atomic E-state index is 0.241. The minimum atomic E-state index is -0.241. The van der Waals surface area contributed by atoms with Crippen LogP contribution in [0.2, 0.25) is 0 Å². The third-order valence-corrected chi connectivity index (χ3v) is 4.62. The molecule has 7 heteroatoms. The van der Waals surface area contributed by atoms with Gasteiger partial charge in [0.25, 0.3) is 5.91 Å². The Morgan fingerprint density at radius 3 is 3.05 bits per heavy atom. The second kappa shape index (κ2) is 5.34. The molecule has 0 atom stereocenters. The topological polar surface area (TPSA) is 72.7 Å². The van der Waals surface area contributed by atoms with Crippen molar-refractivity contribution in [3.05, 3.63) is 53.2 Å². The van der Waals surface area contributed by atoms with Gasteiger partial charge in [-0.25, -0.2) is 15.0 Å². The lowest BCUT2D eigenvalue weighted by molar-refractivity contribution is 0.102. The van der Waals surface area contributed by atoms with Crippen molar-refractivity contribution in [3.63, 3.8) is 0 Å². The summed E-state index contributed by atoms with van der Waals surface area (Å²) in [6.45, 7) is 0. The van der Waals surface area contributed by atoms with Crippen LogP contribution in [-0.4, -0.2) is 25.4 Å². The first-order valence-corrected chi connectivity index (χ1v) is 7.86. The lowest BCUT2D eigenvalue weighted by Gasteiger charge is -2.04. The Morgan fingerprint density at radius 1 is 1.27 bits per heavy atom. The highest BCUT2D eigenvalue weighted by Gasteiger charge is 2.18. The molecule has 6 nitrogen and oxygen atoms in total. The second-order valence-electron chi connectivity index (χ2n) is 5.05. The van der Waals surface area contributed by atoms with Gasteiger partial charge in [-0.15, -0.1) is 11.3 Å². The zero-order valence-corrected chi connectivity index (χ0v) is 12.5. The molecule has 4 rings (SSSR count). The van der Waals surface area contributed by atoms with Crippen LogP contribution in [0, 0.1) is 0 Å². The van der Waals surface area contributed by atoms with Gasteiger partial charge in [0, 0.05) is 17.3 Å². The number of nitrogens with zero attached hydrogens (tertiary/aromatic N) is 4. The van der Waals surface area contributed by atoms with Crippen LogP contribution in [0.5, 0.6) is 0 Å². The first kappa shape index (κ1) is 13.1. The lowest BCUT2D eigenvalue weighted by Crippen LogP contribution is -2.14. The number of carbonyl (C=O) groups excluding carboxylic acids is 1. The maximum absolute atomic E-state index is 12.3. The van der Waals surface area contributed by atoms with Crippen LogP contribution in [0.25, 0.3) is 5.82 Å². The summed E-state index contributed by atoms with van der Waals surface area (Å²) in [6, 6.07) is 5.33. The fraction of sp³-hybridized carbons (Fsp3) is 0.200. The van der Waals surface area contributed by atoms with E-state index in [4.69, 9.17) is 0 Å². The number of aromatic nitrogens is 4. The van der Waals surface area contributed by atoms with Crippen LogP contribution in [0.1, 0.15) is 27.5 Å². The van der Waals surface area contributed by atoms with Crippen molar-refractivity contribution in [2.24, 2.45) is 0 Å². The first-order valence-electron chi connectivity index (χ1n) is 7.05. The molecule has 0 radical (unpaired) electrons. The van der Waals surface area contributed by atoms with E-state index in [2.05, 4.69) is 20.3 Å². The molecule has 3 heterocycles. The Morgan fingerprint density at radius 2 is 2.23 bits per heavy atom. The van der Waals surface area contributed by atoms with Crippen molar-refractivity contribution >= 4 is 22.4 Å². The average Bonchev–Trinajstić information content (AvgIpc) is 3.24. The third-order valence-electron chi connectivity index (χ3n) is 3.55. The zero-order valence-electron chi connectivity index (χ0n) is 11.7. The van der Waals surface area contributed by atoms with Gasteiger partial charge in [-0.05, 0) is 31.4 Å². The summed E-state index contributed by atoms with van der Waals surface area (Å²) in [5, 5.41) is 3.50. The molecule has 1 amide bonds. The molecule has 1 aliphatic carbocycles. The Balaban J connectivity index is 1.56. The van der Waals surface area contributed by atoms with Crippen LogP contribution < -0.4 is 5.32 Å². The van der Waals surface area contributed by atoms with Crippen molar-refractivity contribution in [1.82, 2.24) is 19.5 Å². The van der Waals surface area contributed by atoms with Crippen molar-refractivity contribution < 1.29 is 4.79 Å². The molecule has 3 aromatic rings. The smallest absolute Gasteiger partial charge is 0.276 e. The van der Waals surface area contributed by atoms with Gasteiger partial charge in [-0.1, -0.05) is 6.07 Å². The largest absolute Gasteiger partial charge is 0.296 e. The number of imidazole rings is 1. The second-order valence-corrected chi connectivity index (χ2v) is 6.13. The SMILES string of the molecule is O=C(Nc1nc2c(s1)CCC2)c1cccc(-n2ccnc2)n1. The molecular formula is C15H13N5OS. The summed E-state index contributed by atoms with van der Waals surface area (Å²) in [6.07, 6.45) is 8.35. The van der Waals surface area contributed by atoms with Crippen LogP contribution >= 0.6 is 11.3 Å². The molecule has 3 aromatic heterocycles. The number of carbonyl (C=O) groups is 1. The number of hydrogen-bond acceptors (Lipinski definition) is 5. The number of pyridine rings is 1. The average molecular weight is 311 g/mol. The van der Waals surface area contributed by atoms with Crippen LogP contribution in [0.3, 0.4) is 0 Å². The Kier molecular flexibility index (Phi) is 3.19. The van der Waals surface area contributed by atoms with E-state index >= 15 is 0 Å². The van der Waals surface area contributed by atoms with Gasteiger partial charge >= 0.3 is 0 Å². The molecule has 0 unspecified atom stereocenters. The monoisotopic (exact) mass is 311 g/mol. The van der Waals surface area contributed by atoms with E-state index in [-0.39, 0.29) is 5.91 Å². The fourth-order valence-electron chi connectivity index (χ4n) is 2.49. The van der Waals surface area contributed by atoms with E-state index in [0.29, 0.717) is 16.6 Å². The van der Waals surface area contributed by atoms with E-state index in [9.17, 15) is 4.79 Å². The normalized spacial score (nSPS) is 13.1. The van der Waals surface area contributed by atoms with Crippen LogP contribution in [0.4, 0.5) is 5.13 Å². The maximum Gasteiger partial charge on any atom is 0.276 e. The Labute approximate surface area is 130 Å². The van der Waals surface area contributed by atoms with Gasteiger partial charge in [0.15, 0.2) is 5.13 Å². The molecule has 0 bridgehead atoms. The highest BCUT2D eigenvalue weighted by molar-refractivity contribution is 7.15. The third kappa shape index (κ3) is 2.39. The van der Waals surface area contributed by atoms with E-state index in [1.54, 1.807) is 46.8 Å². The molecule has 1 N–H and O–H groups in total. The maximum atomic E-state index is 12.3. The number of anilines is 1. The van der Waals surface area contributed by atoms with Crippen molar-refractivity contribution in [2.75, 3.05) is 5.32 Å². The lowest BCUT2D eigenvalue weighted by atomic mass is 10.3. The number of hydrogen-bond donors (Lipinski definition) is 1. The number of fused-ring (bicyclic) bond motifs is 1. The number of rotatable bonds is 3. The van der Waals surface area contributed by atoms with E-state index in [0.717, 1.165) is 25.0 Å². The zero-order chi connectivity index (χ0) is 14.9. The Hall–Kier alpha value is -2.54. The van der Waals surface area contributed by atoms with Gasteiger partial charge in [0.2, 0.25) is 0 Å². The predicted octanol–water partition coefficient (Wildman–Crippen LogP) is 2.46. The molecular weight excluding hydrogens is 298 g/mol. The summed E-state index contributed by atoms with van der Waals surface area (Å²) in [4.78, 5) is 26.4. The summed E-state index contributed by atoms with van der Waals surface area (Å²) in [5.74, 6) is 0.418. The molecule has 0 saturated carbocycles. The van der Waals surface area contributed by atoms with Gasteiger partial charge in [0.05, 0.1) is 5.69 Å². The van der Waals surface area contributed by atoms with Gasteiger partial charge in [0.1, 0.15) is 17.8 Å². The molecule has 0 fully saturated rings. The van der Waals surface area contributed by atoms with Gasteiger partial charge in [-0.2, -0.15) is 0 Å². The molecule has 22 heavy (non-hydrogen) atoms. The van der Waals surface area contributed by atoms with Crippen molar-refractivity contribution in [2.45, 2.75) is 19.3 Å². The summed E-state index contributed by atoms with van der Waals surface area (Å²) < 4.78 is 1.76. The molecule has 0 aromatic carbocycles. The highest BCUT2D eigenvalue weighted by atomic mass is 32.1. The van der Waals surface area contributed by atoms with Crippen molar-refractivity contribution in [1.29, 1.82) is 0 Å². The molecule has 0 spiro atoms. The minimum Gasteiger partial charge on any atom is -0.296 e. The Bertz CT molecular complexity index is 803. The number of thiazole rings is 1. The summed E-state index contributed by atoms with van der Waals surface area (Å²) >= 11 is 1.56. The van der Waals surface area contributed by atoms with Crippen LogP contribution in [0.15, 0.2) is 36.9 Å². The van der Waals surface area contributed by atoms with Crippen molar-refractivity contribution in [3.8, 4) is 5.82 Å². The van der Waals surface area contributed by atoms with Gasteiger partial charge in [-0.3, -0.25) is 14.7 Å². The molecule has 0 aliphatic heterocycles. The van der Waals surface area contributed by atoms with E-state index < -0.39 is 0 Å². The fourth-order valence-corrected chi connectivity index (χ4v) is 3.54. The number of amides is 1. The first-order chi connectivity index (χ1) is 10.8. The van der Waals surface area contributed by atoms with Crippen LogP contribution in [-0.2, 0) is 12.8 Å². The molecule has 110 valence electrons. The van der Waals surface area contributed by atoms with E-state index in [1.165, 1.54) is 4.88 Å². The predicted molar refractivity (Wildman–Crippen MR) is 83.5 cm³/mol. The number of aryl methyl sites for hydroxylation is 2. The molecule has 0 saturated heterocycles. The standard InChI is InChI=1S/C15H13N5OS/c21-14(19-15-18-10-3-1-5-12(10)22-15)11-4-2-6-13(17-11)20-8-7-16-9-20/h2,4,6-9H,1,3,5H2,(H,18,19,21). The highest BCUT2D eigenvalue weighted by Crippen LogP contribution is 2.30. The summed E-state index contributed by atoms with van der Waals surface area (Å²) in [5.41, 5.74) is 1.49. The van der Waals surface area contributed by atoms with E-state index in [1.807, 2.05) is 6.07 Å².